The minimum atomic E-state index is -0.0722. The Hall–Kier alpha value is -2.68. The Morgan fingerprint density at radius 2 is 1.82 bits per heavy atom. The van der Waals surface area contributed by atoms with Crippen LogP contribution < -0.4 is 5.32 Å². The van der Waals surface area contributed by atoms with Crippen LogP contribution in [-0.2, 0) is 0 Å². The van der Waals surface area contributed by atoms with Crippen LogP contribution >= 0.6 is 0 Å². The average Bonchev–Trinajstić information content (AvgIpc) is 2.59. The van der Waals surface area contributed by atoms with E-state index in [0.717, 1.165) is 17.5 Å². The highest BCUT2D eigenvalue weighted by Gasteiger charge is 2.07. The van der Waals surface area contributed by atoms with E-state index in [-0.39, 0.29) is 5.91 Å². The van der Waals surface area contributed by atoms with Crippen molar-refractivity contribution in [1.29, 1.82) is 0 Å². The topological polar surface area (TPSA) is 42.0 Å². The Kier molecular flexibility index (Phi) is 4.15. The molecular weight excluding hydrogens is 272 g/mol. The van der Waals surface area contributed by atoms with E-state index in [2.05, 4.69) is 40.6 Å². The maximum absolute atomic E-state index is 12.0. The number of benzene rings is 2. The number of hydrogen-bond acceptors (Lipinski definition) is 2. The normalized spacial score (nSPS) is 10.6. The fourth-order valence-corrected chi connectivity index (χ4v) is 2.43. The Bertz CT molecular complexity index is 811. The van der Waals surface area contributed by atoms with Crippen molar-refractivity contribution in [3.05, 3.63) is 66.5 Å². The van der Waals surface area contributed by atoms with Crippen LogP contribution in [0.25, 0.3) is 21.9 Å². The van der Waals surface area contributed by atoms with Crippen molar-refractivity contribution in [2.75, 3.05) is 6.54 Å². The zero-order chi connectivity index (χ0) is 15.4. The summed E-state index contributed by atoms with van der Waals surface area (Å²) in [6.45, 7) is 2.71. The highest BCUT2D eigenvalue weighted by Crippen LogP contribution is 2.24. The van der Waals surface area contributed by atoms with Gasteiger partial charge in [0.2, 0.25) is 0 Å². The highest BCUT2D eigenvalue weighted by molar-refractivity contribution is 5.95. The van der Waals surface area contributed by atoms with Crippen molar-refractivity contribution in [2.45, 2.75) is 13.3 Å². The van der Waals surface area contributed by atoms with Gasteiger partial charge in [-0.1, -0.05) is 43.3 Å². The summed E-state index contributed by atoms with van der Waals surface area (Å²) < 4.78 is 0. The van der Waals surface area contributed by atoms with Gasteiger partial charge >= 0.3 is 0 Å². The maximum Gasteiger partial charge on any atom is 0.252 e. The number of pyridine rings is 1. The lowest BCUT2D eigenvalue weighted by molar-refractivity contribution is 0.0953. The summed E-state index contributed by atoms with van der Waals surface area (Å²) in [5, 5.41) is 5.26. The number of carbonyl (C=O) groups is 1. The molecule has 0 spiro atoms. The lowest BCUT2D eigenvalue weighted by Gasteiger charge is -2.07. The first kappa shape index (κ1) is 14.3. The van der Waals surface area contributed by atoms with Crippen LogP contribution in [-0.4, -0.2) is 17.4 Å². The Balaban J connectivity index is 1.94. The summed E-state index contributed by atoms with van der Waals surface area (Å²) in [7, 11) is 0. The third-order valence-corrected chi connectivity index (χ3v) is 3.62. The number of nitrogens with zero attached hydrogens (tertiary/aromatic N) is 1. The van der Waals surface area contributed by atoms with Crippen LogP contribution in [0.4, 0.5) is 0 Å². The minimum Gasteiger partial charge on any atom is -0.352 e. The Morgan fingerprint density at radius 1 is 1.00 bits per heavy atom. The summed E-state index contributed by atoms with van der Waals surface area (Å²) in [5.41, 5.74) is 2.62. The number of aromatic nitrogens is 1. The van der Waals surface area contributed by atoms with Crippen LogP contribution in [0.5, 0.6) is 0 Å². The summed E-state index contributed by atoms with van der Waals surface area (Å²) in [4.78, 5) is 16.3. The van der Waals surface area contributed by atoms with E-state index in [9.17, 15) is 4.79 Å². The van der Waals surface area contributed by atoms with Crippen molar-refractivity contribution in [3.63, 3.8) is 0 Å². The van der Waals surface area contributed by atoms with E-state index in [1.165, 1.54) is 10.8 Å². The lowest BCUT2D eigenvalue weighted by atomic mass is 10.0. The summed E-state index contributed by atoms with van der Waals surface area (Å²) >= 11 is 0. The molecule has 0 saturated heterocycles. The summed E-state index contributed by atoms with van der Waals surface area (Å²) in [6.07, 6.45) is 4.32. The third kappa shape index (κ3) is 2.98. The van der Waals surface area contributed by atoms with Gasteiger partial charge in [-0.3, -0.25) is 9.78 Å². The molecule has 3 nitrogen and oxygen atoms in total. The van der Waals surface area contributed by atoms with E-state index in [0.29, 0.717) is 12.1 Å². The quantitative estimate of drug-likeness (QED) is 0.788. The highest BCUT2D eigenvalue weighted by atomic mass is 16.1. The zero-order valence-electron chi connectivity index (χ0n) is 12.5. The molecule has 3 aromatic rings. The number of fused-ring (bicyclic) bond motifs is 1. The van der Waals surface area contributed by atoms with Crippen LogP contribution in [0.2, 0.25) is 0 Å². The molecule has 0 aliphatic heterocycles. The fraction of sp³-hybridized carbons (Fsp3) is 0.158. The first-order valence-electron chi connectivity index (χ1n) is 7.50. The molecule has 1 amide bonds. The lowest BCUT2D eigenvalue weighted by Crippen LogP contribution is -2.24. The molecule has 1 N–H and O–H groups in total. The first-order chi connectivity index (χ1) is 10.8. The molecule has 1 aromatic heterocycles. The molecule has 2 aromatic carbocycles. The largest absolute Gasteiger partial charge is 0.352 e. The molecule has 0 radical (unpaired) electrons. The van der Waals surface area contributed by atoms with Crippen molar-refractivity contribution in [1.82, 2.24) is 10.3 Å². The molecule has 0 saturated carbocycles. The smallest absolute Gasteiger partial charge is 0.252 e. The Morgan fingerprint density at radius 3 is 2.64 bits per heavy atom. The van der Waals surface area contributed by atoms with E-state index in [1.807, 2.05) is 25.1 Å². The van der Waals surface area contributed by atoms with Gasteiger partial charge in [-0.05, 0) is 34.9 Å². The fourth-order valence-electron chi connectivity index (χ4n) is 2.43. The Labute approximate surface area is 130 Å². The van der Waals surface area contributed by atoms with Crippen molar-refractivity contribution in [3.8, 4) is 11.1 Å². The van der Waals surface area contributed by atoms with E-state index in [1.54, 1.807) is 12.4 Å². The van der Waals surface area contributed by atoms with Gasteiger partial charge < -0.3 is 5.32 Å². The molecular formula is C19H18N2O. The summed E-state index contributed by atoms with van der Waals surface area (Å²) in [5.74, 6) is -0.0722. The predicted octanol–water partition coefficient (Wildman–Crippen LogP) is 4.04. The molecule has 0 fully saturated rings. The van der Waals surface area contributed by atoms with Gasteiger partial charge in [0.1, 0.15) is 0 Å². The number of nitrogens with one attached hydrogen (secondary N) is 1. The predicted molar refractivity (Wildman–Crippen MR) is 89.8 cm³/mol. The van der Waals surface area contributed by atoms with Gasteiger partial charge in [0.05, 0.1) is 5.56 Å². The molecule has 3 heteroatoms. The third-order valence-electron chi connectivity index (χ3n) is 3.62. The molecule has 22 heavy (non-hydrogen) atoms. The first-order valence-corrected chi connectivity index (χ1v) is 7.50. The van der Waals surface area contributed by atoms with Gasteiger partial charge in [0.25, 0.3) is 5.91 Å². The van der Waals surface area contributed by atoms with Gasteiger partial charge in [0, 0.05) is 24.5 Å². The van der Waals surface area contributed by atoms with Crippen molar-refractivity contribution >= 4 is 16.7 Å². The second-order valence-electron chi connectivity index (χ2n) is 5.28. The van der Waals surface area contributed by atoms with Crippen LogP contribution in [0.1, 0.15) is 23.7 Å². The maximum atomic E-state index is 12.0. The van der Waals surface area contributed by atoms with E-state index in [4.69, 9.17) is 0 Å². The van der Waals surface area contributed by atoms with Gasteiger partial charge in [0.15, 0.2) is 0 Å². The number of rotatable bonds is 4. The molecule has 0 unspecified atom stereocenters. The molecule has 3 rings (SSSR count). The number of hydrogen-bond donors (Lipinski definition) is 1. The second kappa shape index (κ2) is 6.39. The van der Waals surface area contributed by atoms with Crippen molar-refractivity contribution < 1.29 is 4.79 Å². The molecule has 110 valence electrons. The van der Waals surface area contributed by atoms with E-state index < -0.39 is 0 Å². The van der Waals surface area contributed by atoms with Gasteiger partial charge in [-0.2, -0.15) is 0 Å². The zero-order valence-corrected chi connectivity index (χ0v) is 12.5. The standard InChI is InChI=1S/C19H18N2O/c1-2-9-21-19(22)18-11-17(12-20-13-18)16-8-7-14-5-3-4-6-15(14)10-16/h3-8,10-13H,2,9H2,1H3,(H,21,22). The minimum absolute atomic E-state index is 0.0722. The van der Waals surface area contributed by atoms with Crippen LogP contribution in [0.3, 0.4) is 0 Å². The second-order valence-corrected chi connectivity index (χ2v) is 5.28. The van der Waals surface area contributed by atoms with Gasteiger partial charge in [-0.15, -0.1) is 0 Å². The molecule has 0 atom stereocenters. The molecule has 0 bridgehead atoms. The van der Waals surface area contributed by atoms with E-state index >= 15 is 0 Å². The monoisotopic (exact) mass is 290 g/mol. The van der Waals surface area contributed by atoms with Crippen molar-refractivity contribution in [2.24, 2.45) is 0 Å². The molecule has 1 heterocycles. The summed E-state index contributed by atoms with van der Waals surface area (Å²) in [6, 6.07) is 16.4. The van der Waals surface area contributed by atoms with Crippen LogP contribution in [0, 0.1) is 0 Å². The molecule has 0 aliphatic carbocycles. The molecule has 0 aliphatic rings. The number of amides is 1. The van der Waals surface area contributed by atoms with Crippen LogP contribution in [0.15, 0.2) is 60.9 Å². The van der Waals surface area contributed by atoms with Gasteiger partial charge in [-0.25, -0.2) is 0 Å². The number of carbonyl (C=O) groups excluding carboxylic acids is 1. The SMILES string of the molecule is CCCNC(=O)c1cncc(-c2ccc3ccccc3c2)c1. The average molecular weight is 290 g/mol.